The van der Waals surface area contributed by atoms with Gasteiger partial charge < -0.3 is 0 Å². The molecule has 2 aromatic rings. The van der Waals surface area contributed by atoms with Crippen LogP contribution in [0.2, 0.25) is 0 Å². The Balaban J connectivity index is 2.03. The van der Waals surface area contributed by atoms with Crippen LogP contribution < -0.4 is 11.3 Å². The zero-order valence-electron chi connectivity index (χ0n) is 11.0. The van der Waals surface area contributed by atoms with E-state index in [0.717, 1.165) is 37.0 Å². The molecule has 0 spiro atoms. The van der Waals surface area contributed by atoms with Crippen LogP contribution in [0, 0.1) is 11.6 Å². The van der Waals surface area contributed by atoms with Crippen molar-refractivity contribution < 1.29 is 8.78 Å². The highest BCUT2D eigenvalue weighted by Crippen LogP contribution is 2.29. The monoisotopic (exact) mass is 274 g/mol. The Morgan fingerprint density at radius 2 is 1.80 bits per heavy atom. The molecule has 0 saturated heterocycles. The highest BCUT2D eigenvalue weighted by molar-refractivity contribution is 5.40. The zero-order chi connectivity index (χ0) is 14.1. The van der Waals surface area contributed by atoms with Gasteiger partial charge in [-0.3, -0.25) is 5.84 Å². The quantitative estimate of drug-likeness (QED) is 0.667. The van der Waals surface area contributed by atoms with Gasteiger partial charge in [-0.1, -0.05) is 18.2 Å². The predicted molar refractivity (Wildman–Crippen MR) is 74.0 cm³/mol. The van der Waals surface area contributed by atoms with E-state index in [0.29, 0.717) is 0 Å². The lowest BCUT2D eigenvalue weighted by atomic mass is 9.95. The van der Waals surface area contributed by atoms with Crippen LogP contribution in [0.3, 0.4) is 0 Å². The first kappa shape index (κ1) is 13.2. The fourth-order valence-electron chi connectivity index (χ4n) is 2.87. The van der Waals surface area contributed by atoms with E-state index >= 15 is 0 Å². The molecule has 2 nitrogen and oxygen atoms in total. The van der Waals surface area contributed by atoms with Crippen molar-refractivity contribution >= 4 is 0 Å². The van der Waals surface area contributed by atoms with E-state index in [1.165, 1.54) is 17.2 Å². The summed E-state index contributed by atoms with van der Waals surface area (Å²) in [6, 6.07) is 8.90. The largest absolute Gasteiger partial charge is 0.271 e. The lowest BCUT2D eigenvalue weighted by molar-refractivity contribution is 0.545. The number of hydrazine groups is 1. The molecule has 1 atom stereocenters. The molecule has 3 rings (SSSR count). The van der Waals surface area contributed by atoms with Crippen molar-refractivity contribution in [2.45, 2.75) is 25.3 Å². The van der Waals surface area contributed by atoms with E-state index in [4.69, 9.17) is 5.84 Å². The van der Waals surface area contributed by atoms with Gasteiger partial charge in [0.15, 0.2) is 0 Å². The van der Waals surface area contributed by atoms with Gasteiger partial charge in [0, 0.05) is 5.56 Å². The molecule has 0 aromatic heterocycles. The van der Waals surface area contributed by atoms with Gasteiger partial charge in [0.05, 0.1) is 6.04 Å². The molecule has 1 aliphatic carbocycles. The molecule has 4 heteroatoms. The summed E-state index contributed by atoms with van der Waals surface area (Å²) < 4.78 is 27.2. The topological polar surface area (TPSA) is 38.0 Å². The van der Waals surface area contributed by atoms with Crippen molar-refractivity contribution in [1.82, 2.24) is 5.43 Å². The van der Waals surface area contributed by atoms with E-state index in [-0.39, 0.29) is 5.56 Å². The molecule has 2 aromatic carbocycles. The average Bonchev–Trinajstić information content (AvgIpc) is 2.91. The molecule has 0 radical (unpaired) electrons. The number of halogens is 2. The lowest BCUT2D eigenvalue weighted by Gasteiger charge is -2.18. The van der Waals surface area contributed by atoms with Crippen LogP contribution in [-0.2, 0) is 12.8 Å². The molecular formula is C16H16F2N2. The minimum Gasteiger partial charge on any atom is -0.271 e. The number of nitrogens with two attached hydrogens (primary N) is 1. The summed E-state index contributed by atoms with van der Waals surface area (Å²) in [4.78, 5) is 0. The molecule has 0 heterocycles. The van der Waals surface area contributed by atoms with Crippen LogP contribution in [0.15, 0.2) is 36.4 Å². The molecule has 0 amide bonds. The van der Waals surface area contributed by atoms with Crippen LogP contribution in [0.25, 0.3) is 0 Å². The molecule has 0 aliphatic heterocycles. The maximum Gasteiger partial charge on any atom is 0.128 e. The Hall–Kier alpha value is -1.78. The number of rotatable bonds is 3. The summed E-state index contributed by atoms with van der Waals surface area (Å²) in [5.41, 5.74) is 6.29. The van der Waals surface area contributed by atoms with Crippen molar-refractivity contribution in [3.05, 3.63) is 70.3 Å². The number of fused-ring (bicyclic) bond motifs is 1. The molecule has 104 valence electrons. The first-order chi connectivity index (χ1) is 9.69. The SMILES string of the molecule is NNC(c1ccc2c(c1)CCC2)c1cc(F)ccc1F. The number of hydrogen-bond acceptors (Lipinski definition) is 2. The second-order valence-electron chi connectivity index (χ2n) is 5.15. The second-order valence-corrected chi connectivity index (χ2v) is 5.15. The maximum atomic E-state index is 13.9. The molecule has 20 heavy (non-hydrogen) atoms. The molecule has 1 unspecified atom stereocenters. The lowest BCUT2D eigenvalue weighted by Crippen LogP contribution is -2.29. The van der Waals surface area contributed by atoms with E-state index in [9.17, 15) is 8.78 Å². The average molecular weight is 274 g/mol. The van der Waals surface area contributed by atoms with Gasteiger partial charge in [-0.2, -0.15) is 0 Å². The standard InChI is InChI=1S/C16H16F2N2/c17-13-6-7-15(18)14(9-13)16(20-19)12-5-4-10-2-1-3-11(10)8-12/h4-9,16,20H,1-3,19H2. The highest BCUT2D eigenvalue weighted by atomic mass is 19.1. The first-order valence-corrected chi connectivity index (χ1v) is 6.72. The third-order valence-electron chi connectivity index (χ3n) is 3.89. The van der Waals surface area contributed by atoms with E-state index in [1.54, 1.807) is 0 Å². The second kappa shape index (κ2) is 5.31. The van der Waals surface area contributed by atoms with Gasteiger partial charge in [-0.05, 0) is 54.2 Å². The van der Waals surface area contributed by atoms with E-state index in [1.807, 2.05) is 12.1 Å². The predicted octanol–water partition coefficient (Wildman–Crippen LogP) is 3.01. The number of hydrogen-bond donors (Lipinski definition) is 2. The van der Waals surface area contributed by atoms with Crippen LogP contribution in [0.4, 0.5) is 8.78 Å². The Morgan fingerprint density at radius 1 is 1.00 bits per heavy atom. The Morgan fingerprint density at radius 3 is 2.60 bits per heavy atom. The fraction of sp³-hybridized carbons (Fsp3) is 0.250. The zero-order valence-corrected chi connectivity index (χ0v) is 11.0. The van der Waals surface area contributed by atoms with Crippen LogP contribution >= 0.6 is 0 Å². The minimum atomic E-state index is -0.545. The van der Waals surface area contributed by atoms with Crippen molar-refractivity contribution in [3.8, 4) is 0 Å². The Kier molecular flexibility index (Phi) is 3.51. The van der Waals surface area contributed by atoms with Crippen LogP contribution in [-0.4, -0.2) is 0 Å². The summed E-state index contributed by atoms with van der Waals surface area (Å²) in [6.07, 6.45) is 3.27. The van der Waals surface area contributed by atoms with E-state index < -0.39 is 17.7 Å². The Bertz CT molecular complexity index is 640. The third kappa shape index (κ3) is 2.32. The van der Waals surface area contributed by atoms with E-state index in [2.05, 4.69) is 11.5 Å². The van der Waals surface area contributed by atoms with Crippen molar-refractivity contribution in [2.75, 3.05) is 0 Å². The maximum absolute atomic E-state index is 13.9. The van der Waals surface area contributed by atoms with Gasteiger partial charge in [-0.15, -0.1) is 0 Å². The molecule has 0 saturated carbocycles. The fourth-order valence-corrected chi connectivity index (χ4v) is 2.87. The summed E-state index contributed by atoms with van der Waals surface area (Å²) >= 11 is 0. The van der Waals surface area contributed by atoms with Crippen LogP contribution in [0.5, 0.6) is 0 Å². The van der Waals surface area contributed by atoms with Gasteiger partial charge in [0.2, 0.25) is 0 Å². The first-order valence-electron chi connectivity index (χ1n) is 6.72. The van der Waals surface area contributed by atoms with Crippen molar-refractivity contribution in [2.24, 2.45) is 5.84 Å². The van der Waals surface area contributed by atoms with Crippen molar-refractivity contribution in [1.29, 1.82) is 0 Å². The molecule has 0 bridgehead atoms. The Labute approximate surface area is 116 Å². The summed E-state index contributed by atoms with van der Waals surface area (Å²) in [7, 11) is 0. The van der Waals surface area contributed by atoms with Gasteiger partial charge in [0.1, 0.15) is 11.6 Å². The molecule has 3 N–H and O–H groups in total. The van der Waals surface area contributed by atoms with Crippen LogP contribution in [0.1, 0.15) is 34.7 Å². The summed E-state index contributed by atoms with van der Waals surface area (Å²) in [5.74, 6) is 4.63. The number of aryl methyl sites for hydroxylation is 2. The highest BCUT2D eigenvalue weighted by Gasteiger charge is 2.20. The molecule has 1 aliphatic rings. The van der Waals surface area contributed by atoms with Gasteiger partial charge in [-0.25, -0.2) is 14.2 Å². The number of nitrogens with one attached hydrogen (secondary N) is 1. The normalized spacial score (nSPS) is 15.2. The van der Waals surface area contributed by atoms with Gasteiger partial charge in [0.25, 0.3) is 0 Å². The summed E-state index contributed by atoms with van der Waals surface area (Å²) in [6.45, 7) is 0. The van der Waals surface area contributed by atoms with Crippen molar-refractivity contribution in [3.63, 3.8) is 0 Å². The summed E-state index contributed by atoms with van der Waals surface area (Å²) in [5, 5.41) is 0. The van der Waals surface area contributed by atoms with Gasteiger partial charge >= 0.3 is 0 Å². The number of benzene rings is 2. The smallest absolute Gasteiger partial charge is 0.128 e. The third-order valence-corrected chi connectivity index (χ3v) is 3.89. The minimum absolute atomic E-state index is 0.227. The molecular weight excluding hydrogens is 258 g/mol. The molecule has 0 fully saturated rings.